The lowest BCUT2D eigenvalue weighted by atomic mass is 10.2. The highest BCUT2D eigenvalue weighted by Crippen LogP contribution is 2.20. The second-order valence-corrected chi connectivity index (χ2v) is 8.16. The topological polar surface area (TPSA) is 65.5 Å². The van der Waals surface area contributed by atoms with Crippen LogP contribution in [0.3, 0.4) is 0 Å². The van der Waals surface area contributed by atoms with Crippen molar-refractivity contribution in [3.63, 3.8) is 0 Å². The van der Waals surface area contributed by atoms with Gasteiger partial charge in [0.05, 0.1) is 22.5 Å². The number of pyridine rings is 1. The van der Waals surface area contributed by atoms with Gasteiger partial charge in [0, 0.05) is 32.3 Å². The number of aromatic nitrogens is 1. The highest BCUT2D eigenvalue weighted by Gasteiger charge is 2.22. The first-order chi connectivity index (χ1) is 16.1. The zero-order valence-corrected chi connectivity index (χ0v) is 18.9. The normalized spacial score (nSPS) is 14.2. The zero-order valence-electron chi connectivity index (χ0n) is 18.2. The number of anilines is 2. The molecule has 0 aliphatic carbocycles. The molecule has 1 N–H and O–H groups in total. The number of halogens is 1. The third-order valence-corrected chi connectivity index (χ3v) is 5.78. The van der Waals surface area contributed by atoms with E-state index in [1.165, 1.54) is 6.08 Å². The molecule has 0 bridgehead atoms. The molecular weight excluding hydrogens is 436 g/mol. The maximum absolute atomic E-state index is 12.9. The Morgan fingerprint density at radius 3 is 2.45 bits per heavy atom. The zero-order chi connectivity index (χ0) is 23.0. The van der Waals surface area contributed by atoms with Crippen molar-refractivity contribution in [3.8, 4) is 0 Å². The largest absolute Gasteiger partial charge is 0.355 e. The lowest BCUT2D eigenvalue weighted by Crippen LogP contribution is -2.35. The van der Waals surface area contributed by atoms with Crippen molar-refractivity contribution in [2.45, 2.75) is 6.42 Å². The highest BCUT2D eigenvalue weighted by molar-refractivity contribution is 6.33. The van der Waals surface area contributed by atoms with Gasteiger partial charge in [-0.2, -0.15) is 0 Å². The van der Waals surface area contributed by atoms with Crippen molar-refractivity contribution in [1.29, 1.82) is 0 Å². The standard InChI is InChI=1S/C26H25ClN4O2/c27-23-10-5-4-9-22(23)26(33)31-16-6-15-30(17-18-31)24-13-12-21(19-28-24)29-25(32)14-11-20-7-2-1-3-8-20/h1-5,7-14,19H,6,15-18H2,(H,29,32)/b14-11+. The summed E-state index contributed by atoms with van der Waals surface area (Å²) in [6.45, 7) is 2.73. The molecule has 1 aliphatic heterocycles. The second-order valence-electron chi connectivity index (χ2n) is 7.75. The Kier molecular flexibility index (Phi) is 7.37. The molecule has 1 aliphatic rings. The second kappa shape index (κ2) is 10.8. The van der Waals surface area contributed by atoms with Gasteiger partial charge < -0.3 is 15.1 Å². The molecule has 2 heterocycles. The smallest absolute Gasteiger partial charge is 0.255 e. The van der Waals surface area contributed by atoms with E-state index in [1.54, 1.807) is 24.4 Å². The maximum Gasteiger partial charge on any atom is 0.255 e. The van der Waals surface area contributed by atoms with E-state index in [2.05, 4.69) is 15.2 Å². The molecule has 3 aromatic rings. The summed E-state index contributed by atoms with van der Waals surface area (Å²) in [5.41, 5.74) is 2.13. The van der Waals surface area contributed by atoms with Gasteiger partial charge in [-0.05, 0) is 42.3 Å². The van der Waals surface area contributed by atoms with E-state index < -0.39 is 0 Å². The van der Waals surface area contributed by atoms with E-state index in [0.717, 1.165) is 24.3 Å². The first kappa shape index (κ1) is 22.6. The minimum Gasteiger partial charge on any atom is -0.355 e. The molecule has 6 nitrogen and oxygen atoms in total. The van der Waals surface area contributed by atoms with E-state index in [1.807, 2.05) is 59.5 Å². The summed E-state index contributed by atoms with van der Waals surface area (Å²) in [5, 5.41) is 3.30. The lowest BCUT2D eigenvalue weighted by Gasteiger charge is -2.23. The van der Waals surface area contributed by atoms with Crippen LogP contribution >= 0.6 is 11.6 Å². The molecule has 2 amide bonds. The Balaban J connectivity index is 1.33. The predicted molar refractivity (Wildman–Crippen MR) is 133 cm³/mol. The van der Waals surface area contributed by atoms with Crippen LogP contribution in [-0.4, -0.2) is 47.9 Å². The van der Waals surface area contributed by atoms with E-state index in [9.17, 15) is 9.59 Å². The Hall–Kier alpha value is -3.64. The molecule has 1 aromatic heterocycles. The predicted octanol–water partition coefficient (Wildman–Crippen LogP) is 4.74. The van der Waals surface area contributed by atoms with Crippen molar-refractivity contribution in [2.24, 2.45) is 0 Å². The highest BCUT2D eigenvalue weighted by atomic mass is 35.5. The summed E-state index contributed by atoms with van der Waals surface area (Å²) in [5.74, 6) is 0.564. The molecule has 1 fully saturated rings. The lowest BCUT2D eigenvalue weighted by molar-refractivity contribution is -0.111. The molecular formula is C26H25ClN4O2. The van der Waals surface area contributed by atoms with Crippen molar-refractivity contribution >= 4 is 41.0 Å². The number of hydrogen-bond donors (Lipinski definition) is 1. The summed E-state index contributed by atoms with van der Waals surface area (Å²) in [4.78, 5) is 33.6. The van der Waals surface area contributed by atoms with Gasteiger partial charge >= 0.3 is 0 Å². The van der Waals surface area contributed by atoms with Crippen molar-refractivity contribution < 1.29 is 9.59 Å². The third kappa shape index (κ3) is 5.99. The van der Waals surface area contributed by atoms with Crippen LogP contribution in [0.15, 0.2) is 79.0 Å². The van der Waals surface area contributed by atoms with Gasteiger partial charge in [0.2, 0.25) is 5.91 Å². The van der Waals surface area contributed by atoms with Crippen LogP contribution in [0.4, 0.5) is 11.5 Å². The Bertz CT molecular complexity index is 1130. The maximum atomic E-state index is 12.9. The van der Waals surface area contributed by atoms with Gasteiger partial charge in [0.1, 0.15) is 5.82 Å². The van der Waals surface area contributed by atoms with Gasteiger partial charge in [-0.1, -0.05) is 54.1 Å². The molecule has 2 aromatic carbocycles. The Morgan fingerprint density at radius 2 is 1.70 bits per heavy atom. The average Bonchev–Trinajstić information content (AvgIpc) is 3.10. The number of rotatable bonds is 5. The number of nitrogens with one attached hydrogen (secondary N) is 1. The van der Waals surface area contributed by atoms with Crippen molar-refractivity contribution in [2.75, 3.05) is 36.4 Å². The molecule has 7 heteroatoms. The molecule has 0 spiro atoms. The first-order valence-corrected chi connectivity index (χ1v) is 11.3. The third-order valence-electron chi connectivity index (χ3n) is 5.45. The Morgan fingerprint density at radius 1 is 0.909 bits per heavy atom. The van der Waals surface area contributed by atoms with Gasteiger partial charge in [-0.3, -0.25) is 9.59 Å². The number of nitrogens with zero attached hydrogens (tertiary/aromatic N) is 3. The number of carbonyl (C=O) groups is 2. The fourth-order valence-corrected chi connectivity index (χ4v) is 3.94. The average molecular weight is 461 g/mol. The minimum absolute atomic E-state index is 0.0444. The summed E-state index contributed by atoms with van der Waals surface area (Å²) in [6, 6.07) is 20.5. The molecule has 168 valence electrons. The van der Waals surface area contributed by atoms with Crippen LogP contribution in [-0.2, 0) is 4.79 Å². The molecule has 0 radical (unpaired) electrons. The van der Waals surface area contributed by atoms with Crippen LogP contribution in [0.2, 0.25) is 5.02 Å². The molecule has 0 saturated carbocycles. The van der Waals surface area contributed by atoms with Crippen LogP contribution in [0, 0.1) is 0 Å². The van der Waals surface area contributed by atoms with Crippen LogP contribution in [0.1, 0.15) is 22.3 Å². The minimum atomic E-state index is -0.211. The molecule has 4 rings (SSSR count). The SMILES string of the molecule is O=C(/C=C/c1ccccc1)Nc1ccc(N2CCCN(C(=O)c3ccccc3Cl)CC2)nc1. The summed E-state index contributed by atoms with van der Waals surface area (Å²) < 4.78 is 0. The quantitative estimate of drug-likeness (QED) is 0.558. The molecule has 33 heavy (non-hydrogen) atoms. The van der Waals surface area contributed by atoms with E-state index in [-0.39, 0.29) is 11.8 Å². The van der Waals surface area contributed by atoms with Crippen molar-refractivity contribution in [3.05, 3.63) is 95.2 Å². The Labute approximate surface area is 198 Å². The number of amides is 2. The first-order valence-electron chi connectivity index (χ1n) is 10.9. The number of hydrogen-bond acceptors (Lipinski definition) is 4. The van der Waals surface area contributed by atoms with Crippen molar-refractivity contribution in [1.82, 2.24) is 9.88 Å². The monoisotopic (exact) mass is 460 g/mol. The molecule has 1 saturated heterocycles. The van der Waals surface area contributed by atoms with E-state index in [0.29, 0.717) is 35.9 Å². The van der Waals surface area contributed by atoms with Crippen LogP contribution in [0.5, 0.6) is 0 Å². The van der Waals surface area contributed by atoms with Crippen LogP contribution in [0.25, 0.3) is 6.08 Å². The van der Waals surface area contributed by atoms with Gasteiger partial charge in [0.15, 0.2) is 0 Å². The molecule has 0 atom stereocenters. The summed E-state index contributed by atoms with van der Waals surface area (Å²) >= 11 is 6.20. The van der Waals surface area contributed by atoms with E-state index >= 15 is 0 Å². The number of carbonyl (C=O) groups excluding carboxylic acids is 2. The van der Waals surface area contributed by atoms with Gasteiger partial charge in [0.25, 0.3) is 5.91 Å². The fourth-order valence-electron chi connectivity index (χ4n) is 3.72. The molecule has 0 unspecified atom stereocenters. The summed E-state index contributed by atoms with van der Waals surface area (Å²) in [7, 11) is 0. The van der Waals surface area contributed by atoms with E-state index in [4.69, 9.17) is 11.6 Å². The fraction of sp³-hybridized carbons (Fsp3) is 0.192. The van der Waals surface area contributed by atoms with Crippen LogP contribution < -0.4 is 10.2 Å². The summed E-state index contributed by atoms with van der Waals surface area (Å²) in [6.07, 6.45) is 5.76. The number of benzene rings is 2. The van der Waals surface area contributed by atoms with Gasteiger partial charge in [-0.25, -0.2) is 4.98 Å². The van der Waals surface area contributed by atoms with Gasteiger partial charge in [-0.15, -0.1) is 0 Å².